The van der Waals surface area contributed by atoms with Crippen molar-refractivity contribution in [2.75, 3.05) is 0 Å². The number of aromatic hydroxyl groups is 2. The Hall–Kier alpha value is -3.17. The second-order valence-electron chi connectivity index (χ2n) is 11.9. The molecular weight excluding hydrogens is 591 g/mol. The van der Waals surface area contributed by atoms with E-state index in [1.54, 1.807) is 0 Å². The number of hydrogen-bond donors (Lipinski definition) is 2. The topological polar surface area (TPSA) is 145 Å². The Labute approximate surface area is 267 Å². The zero-order valence-electron chi connectivity index (χ0n) is 26.8. The van der Waals surface area contributed by atoms with Gasteiger partial charge in [-0.25, -0.2) is 0 Å². The fourth-order valence-corrected chi connectivity index (χ4v) is 4.93. The Balaban J connectivity index is 0.00000174. The number of carboxylic acid groups (broad SMARTS) is 2. The zero-order valence-corrected chi connectivity index (χ0v) is 27.8. The quantitative estimate of drug-likeness (QED) is 0.408. The first-order valence-corrected chi connectivity index (χ1v) is 14.7. The molecule has 0 bridgehead atoms. The SMILES string of the molecule is CC(=O)[O-].CC(=O)[O-].Cc1cc(CC(C)C)cc(C=NC2CCCCC2N=Cc2cc(CC(C)C)cc(C)c2O)c1O.[Co+2]. The largest absolute Gasteiger partial charge is 2.00 e. The van der Waals surface area contributed by atoms with Crippen LogP contribution in [-0.4, -0.2) is 46.7 Å². The summed E-state index contributed by atoms with van der Waals surface area (Å²) in [5, 5.41) is 39.0. The summed E-state index contributed by atoms with van der Waals surface area (Å²) >= 11 is 0. The van der Waals surface area contributed by atoms with Gasteiger partial charge in [0.2, 0.25) is 0 Å². The average Bonchev–Trinajstić information content (AvgIpc) is 2.85. The van der Waals surface area contributed by atoms with E-state index >= 15 is 0 Å². The van der Waals surface area contributed by atoms with E-state index in [1.807, 2.05) is 26.3 Å². The molecule has 43 heavy (non-hydrogen) atoms. The van der Waals surface area contributed by atoms with Crippen LogP contribution in [0.25, 0.3) is 0 Å². The van der Waals surface area contributed by atoms with Crippen molar-refractivity contribution >= 4 is 24.4 Å². The van der Waals surface area contributed by atoms with E-state index in [9.17, 15) is 10.2 Å². The van der Waals surface area contributed by atoms with Crippen LogP contribution in [0, 0.1) is 25.7 Å². The van der Waals surface area contributed by atoms with E-state index in [0.29, 0.717) is 23.3 Å². The predicted octanol–water partition coefficient (Wildman–Crippen LogP) is 4.47. The minimum Gasteiger partial charge on any atom is -0.550 e. The van der Waals surface area contributed by atoms with Crippen LogP contribution in [0.15, 0.2) is 34.3 Å². The van der Waals surface area contributed by atoms with Gasteiger partial charge >= 0.3 is 16.8 Å². The van der Waals surface area contributed by atoms with Crippen LogP contribution in [0.3, 0.4) is 0 Å². The van der Waals surface area contributed by atoms with E-state index < -0.39 is 11.9 Å². The predicted molar refractivity (Wildman–Crippen MR) is 165 cm³/mol. The standard InChI is InChI=1S/C30H42N2O2.2C2H4O2.Co/c1-19(2)11-23-13-21(5)29(33)25(15-23)17-31-27-9-7-8-10-28(27)32-18-26-16-24(12-20(3)4)14-22(6)30(26)34;2*1-2(3)4;/h13-20,27-28,33-34H,7-12H2,1-6H3;2*1H3,(H,3,4);/q;;;+2/p-2. The number of benzene rings is 2. The molecule has 0 amide bonds. The summed E-state index contributed by atoms with van der Waals surface area (Å²) in [7, 11) is 0. The number of aliphatic carboxylic acids is 2. The fourth-order valence-electron chi connectivity index (χ4n) is 4.93. The Morgan fingerprint density at radius 1 is 0.767 bits per heavy atom. The second-order valence-corrected chi connectivity index (χ2v) is 11.9. The molecule has 0 heterocycles. The summed E-state index contributed by atoms with van der Waals surface area (Å²) in [6.45, 7) is 14.7. The third-order valence-corrected chi connectivity index (χ3v) is 6.57. The van der Waals surface area contributed by atoms with Crippen molar-refractivity contribution in [3.63, 3.8) is 0 Å². The number of phenolic OH excluding ortho intramolecular Hbond substituents is 2. The van der Waals surface area contributed by atoms with Crippen molar-refractivity contribution in [2.45, 2.75) is 106 Å². The third-order valence-electron chi connectivity index (χ3n) is 6.57. The minimum absolute atomic E-state index is 0. The smallest absolute Gasteiger partial charge is 0.550 e. The summed E-state index contributed by atoms with van der Waals surface area (Å²) in [4.78, 5) is 27.6. The summed E-state index contributed by atoms with van der Waals surface area (Å²) in [6, 6.07) is 8.44. The number of aliphatic imine (C=N–C) groups is 2. The molecule has 2 unspecified atom stereocenters. The van der Waals surface area contributed by atoms with Gasteiger partial charge in [0.15, 0.2) is 0 Å². The molecule has 1 saturated carbocycles. The van der Waals surface area contributed by atoms with Gasteiger partial charge in [-0.15, -0.1) is 0 Å². The number of rotatable bonds is 8. The number of hydrogen-bond acceptors (Lipinski definition) is 8. The van der Waals surface area contributed by atoms with Gasteiger partial charge in [-0.05, 0) is 99.6 Å². The number of phenols is 2. The molecule has 3 rings (SSSR count). The molecule has 0 saturated heterocycles. The normalized spacial score (nSPS) is 16.3. The van der Waals surface area contributed by atoms with Gasteiger partial charge in [0.1, 0.15) is 11.5 Å². The molecule has 8 nitrogen and oxygen atoms in total. The zero-order chi connectivity index (χ0) is 32.0. The maximum Gasteiger partial charge on any atom is 2.00 e. The first-order valence-electron chi connectivity index (χ1n) is 14.7. The summed E-state index contributed by atoms with van der Waals surface area (Å²) in [5.74, 6) is -0.418. The number of carboxylic acids is 2. The molecule has 2 aromatic rings. The number of carbonyl (C=O) groups is 2. The van der Waals surface area contributed by atoms with Crippen molar-refractivity contribution in [1.29, 1.82) is 0 Å². The molecule has 2 N–H and O–H groups in total. The maximum atomic E-state index is 10.6. The first kappa shape index (κ1) is 39.8. The maximum absolute atomic E-state index is 10.6. The van der Waals surface area contributed by atoms with E-state index in [1.165, 1.54) is 11.1 Å². The summed E-state index contributed by atoms with van der Waals surface area (Å²) in [5.41, 5.74) is 5.83. The van der Waals surface area contributed by atoms with Crippen LogP contribution in [0.4, 0.5) is 0 Å². The van der Waals surface area contributed by atoms with Gasteiger partial charge in [0.25, 0.3) is 0 Å². The Morgan fingerprint density at radius 3 is 1.35 bits per heavy atom. The van der Waals surface area contributed by atoms with Crippen LogP contribution in [0.5, 0.6) is 11.5 Å². The van der Waals surface area contributed by atoms with E-state index in [0.717, 1.165) is 74.6 Å². The van der Waals surface area contributed by atoms with Crippen LogP contribution >= 0.6 is 0 Å². The van der Waals surface area contributed by atoms with Gasteiger partial charge in [0, 0.05) is 35.5 Å². The monoisotopic (exact) mass is 639 g/mol. The molecule has 2 aromatic carbocycles. The minimum atomic E-state index is -1.08. The van der Waals surface area contributed by atoms with Crippen LogP contribution < -0.4 is 10.2 Å². The van der Waals surface area contributed by atoms with Gasteiger partial charge in [-0.2, -0.15) is 0 Å². The molecule has 1 aliphatic carbocycles. The summed E-state index contributed by atoms with van der Waals surface area (Å²) < 4.78 is 0. The molecule has 0 aliphatic heterocycles. The molecule has 2 atom stereocenters. The van der Waals surface area contributed by atoms with Crippen LogP contribution in [-0.2, 0) is 39.2 Å². The van der Waals surface area contributed by atoms with Crippen molar-refractivity contribution in [1.82, 2.24) is 0 Å². The van der Waals surface area contributed by atoms with Crippen LogP contribution in [0.2, 0.25) is 0 Å². The number of aryl methyl sites for hydroxylation is 2. The second kappa shape index (κ2) is 19.9. The summed E-state index contributed by atoms with van der Waals surface area (Å²) in [6.07, 6.45) is 9.91. The van der Waals surface area contributed by atoms with Gasteiger partial charge in [-0.1, -0.05) is 52.7 Å². The Bertz CT molecular complexity index is 1140. The molecule has 0 aromatic heterocycles. The van der Waals surface area contributed by atoms with E-state index in [4.69, 9.17) is 29.8 Å². The van der Waals surface area contributed by atoms with Gasteiger partial charge in [-0.3, -0.25) is 9.98 Å². The molecule has 1 radical (unpaired) electrons. The van der Waals surface area contributed by atoms with E-state index in [-0.39, 0.29) is 28.9 Å². The van der Waals surface area contributed by atoms with Crippen molar-refractivity contribution in [2.24, 2.45) is 21.8 Å². The first-order chi connectivity index (χ1) is 19.6. The molecule has 1 fully saturated rings. The van der Waals surface area contributed by atoms with Crippen molar-refractivity contribution in [3.8, 4) is 11.5 Å². The Kier molecular flexibility index (Phi) is 18.4. The van der Waals surface area contributed by atoms with E-state index in [2.05, 4.69) is 52.0 Å². The van der Waals surface area contributed by atoms with Gasteiger partial charge < -0.3 is 30.0 Å². The van der Waals surface area contributed by atoms with Crippen molar-refractivity contribution < 1.29 is 46.8 Å². The average molecular weight is 640 g/mol. The number of carbonyl (C=O) groups excluding carboxylic acids is 2. The third kappa shape index (κ3) is 15.7. The fraction of sp³-hybridized carbons (Fsp3) is 0.529. The molecule has 239 valence electrons. The molecule has 1 aliphatic rings. The van der Waals surface area contributed by atoms with Gasteiger partial charge in [0.05, 0.1) is 12.1 Å². The van der Waals surface area contributed by atoms with Crippen LogP contribution in [0.1, 0.15) is 101 Å². The van der Waals surface area contributed by atoms with Crippen molar-refractivity contribution in [3.05, 3.63) is 57.6 Å². The number of nitrogens with zero attached hydrogens (tertiary/aromatic N) is 2. The molecular formula is C34H48CoN2O6. The molecule has 0 spiro atoms. The molecule has 9 heteroatoms. The Morgan fingerprint density at radius 2 is 1.07 bits per heavy atom.